The van der Waals surface area contributed by atoms with Crippen LogP contribution in [0.5, 0.6) is 11.5 Å². The zero-order chi connectivity index (χ0) is 13.5. The van der Waals surface area contributed by atoms with Crippen LogP contribution in [0, 0.1) is 0 Å². The summed E-state index contributed by atoms with van der Waals surface area (Å²) in [7, 11) is 3.06. The Morgan fingerprint density at radius 2 is 2.11 bits per heavy atom. The standard InChI is InChI=1S/C13H19NO4/c1-4-14(7-8-17-2)13(16)10-5-6-12(18-3)11(15)9-10/h5-6,9,15H,4,7-8H2,1-3H3. The van der Waals surface area contributed by atoms with Gasteiger partial charge in [-0.1, -0.05) is 0 Å². The molecule has 0 aliphatic rings. The molecule has 18 heavy (non-hydrogen) atoms. The Morgan fingerprint density at radius 3 is 2.61 bits per heavy atom. The summed E-state index contributed by atoms with van der Waals surface area (Å²) in [4.78, 5) is 13.8. The number of carbonyl (C=O) groups excluding carboxylic acids is 1. The van der Waals surface area contributed by atoms with E-state index in [-0.39, 0.29) is 11.7 Å². The Kier molecular flexibility index (Phi) is 5.45. The molecule has 1 rings (SSSR count). The van der Waals surface area contributed by atoms with Crippen LogP contribution < -0.4 is 4.74 Å². The Bertz CT molecular complexity index is 406. The summed E-state index contributed by atoms with van der Waals surface area (Å²) in [5.41, 5.74) is 0.436. The third kappa shape index (κ3) is 3.37. The highest BCUT2D eigenvalue weighted by molar-refractivity contribution is 5.94. The maximum atomic E-state index is 12.2. The quantitative estimate of drug-likeness (QED) is 0.835. The molecule has 100 valence electrons. The topological polar surface area (TPSA) is 59.0 Å². The molecule has 1 amide bonds. The normalized spacial score (nSPS) is 10.2. The van der Waals surface area contributed by atoms with E-state index in [9.17, 15) is 9.90 Å². The second-order valence-corrected chi connectivity index (χ2v) is 3.76. The molecular formula is C13H19NO4. The molecule has 0 aliphatic carbocycles. The number of phenolic OH excluding ortho intramolecular Hbond substituents is 1. The largest absolute Gasteiger partial charge is 0.504 e. The van der Waals surface area contributed by atoms with Gasteiger partial charge < -0.3 is 19.5 Å². The highest BCUT2D eigenvalue weighted by atomic mass is 16.5. The number of methoxy groups -OCH3 is 2. The maximum absolute atomic E-state index is 12.2. The minimum Gasteiger partial charge on any atom is -0.504 e. The lowest BCUT2D eigenvalue weighted by atomic mass is 10.1. The molecule has 1 aromatic carbocycles. The van der Waals surface area contributed by atoms with E-state index >= 15 is 0 Å². The van der Waals surface area contributed by atoms with Gasteiger partial charge in [-0.25, -0.2) is 0 Å². The molecule has 0 fully saturated rings. The van der Waals surface area contributed by atoms with Crippen molar-refractivity contribution in [2.24, 2.45) is 0 Å². The van der Waals surface area contributed by atoms with Crippen molar-refractivity contribution < 1.29 is 19.4 Å². The van der Waals surface area contributed by atoms with E-state index in [1.165, 1.54) is 13.2 Å². The van der Waals surface area contributed by atoms with Gasteiger partial charge in [0, 0.05) is 25.8 Å². The highest BCUT2D eigenvalue weighted by Gasteiger charge is 2.15. The molecule has 0 atom stereocenters. The van der Waals surface area contributed by atoms with Gasteiger partial charge in [0.2, 0.25) is 0 Å². The monoisotopic (exact) mass is 253 g/mol. The van der Waals surface area contributed by atoms with Crippen molar-refractivity contribution in [1.29, 1.82) is 0 Å². The molecule has 0 spiro atoms. The van der Waals surface area contributed by atoms with E-state index in [4.69, 9.17) is 9.47 Å². The number of carbonyl (C=O) groups is 1. The van der Waals surface area contributed by atoms with Crippen LogP contribution in [-0.4, -0.2) is 49.8 Å². The fourth-order valence-corrected chi connectivity index (χ4v) is 1.61. The number of rotatable bonds is 6. The Balaban J connectivity index is 2.84. The first-order valence-electron chi connectivity index (χ1n) is 5.79. The molecule has 5 nitrogen and oxygen atoms in total. The number of ether oxygens (including phenoxy) is 2. The van der Waals surface area contributed by atoms with Gasteiger partial charge in [0.05, 0.1) is 13.7 Å². The molecule has 0 bridgehead atoms. The Hall–Kier alpha value is -1.75. The minimum absolute atomic E-state index is 0.0360. The second-order valence-electron chi connectivity index (χ2n) is 3.76. The van der Waals surface area contributed by atoms with Gasteiger partial charge >= 0.3 is 0 Å². The molecular weight excluding hydrogens is 234 g/mol. The second kappa shape index (κ2) is 6.86. The first kappa shape index (κ1) is 14.3. The summed E-state index contributed by atoms with van der Waals surface area (Å²) >= 11 is 0. The van der Waals surface area contributed by atoms with Crippen LogP contribution in [0.2, 0.25) is 0 Å². The molecule has 0 saturated carbocycles. The van der Waals surface area contributed by atoms with Gasteiger partial charge in [0.15, 0.2) is 11.5 Å². The number of phenols is 1. The van der Waals surface area contributed by atoms with E-state index in [0.29, 0.717) is 31.0 Å². The molecule has 0 aromatic heterocycles. The van der Waals surface area contributed by atoms with Crippen molar-refractivity contribution in [3.8, 4) is 11.5 Å². The Morgan fingerprint density at radius 1 is 1.39 bits per heavy atom. The van der Waals surface area contributed by atoms with Crippen LogP contribution in [0.4, 0.5) is 0 Å². The molecule has 5 heteroatoms. The van der Waals surface area contributed by atoms with Crippen molar-refractivity contribution in [3.63, 3.8) is 0 Å². The number of hydrogen-bond donors (Lipinski definition) is 1. The summed E-state index contributed by atoms with van der Waals surface area (Å²) in [6.07, 6.45) is 0. The number of nitrogens with zero attached hydrogens (tertiary/aromatic N) is 1. The SMILES string of the molecule is CCN(CCOC)C(=O)c1ccc(OC)c(O)c1. The van der Waals surface area contributed by atoms with Gasteiger partial charge in [-0.3, -0.25) is 4.79 Å². The molecule has 0 radical (unpaired) electrons. The van der Waals surface area contributed by atoms with E-state index in [0.717, 1.165) is 0 Å². The van der Waals surface area contributed by atoms with E-state index in [2.05, 4.69) is 0 Å². The van der Waals surface area contributed by atoms with Crippen LogP contribution in [0.3, 0.4) is 0 Å². The fourth-order valence-electron chi connectivity index (χ4n) is 1.61. The Labute approximate surface area is 107 Å². The summed E-state index contributed by atoms with van der Waals surface area (Å²) in [5.74, 6) is 0.185. The highest BCUT2D eigenvalue weighted by Crippen LogP contribution is 2.26. The van der Waals surface area contributed by atoms with E-state index in [1.54, 1.807) is 24.1 Å². The van der Waals surface area contributed by atoms with E-state index < -0.39 is 0 Å². The number of benzene rings is 1. The molecule has 1 N–H and O–H groups in total. The lowest BCUT2D eigenvalue weighted by Crippen LogP contribution is -2.33. The predicted molar refractivity (Wildman–Crippen MR) is 68.1 cm³/mol. The first-order chi connectivity index (χ1) is 8.63. The maximum Gasteiger partial charge on any atom is 0.254 e. The average Bonchev–Trinajstić information content (AvgIpc) is 2.39. The van der Waals surface area contributed by atoms with Crippen LogP contribution in [-0.2, 0) is 4.74 Å². The third-order valence-corrected chi connectivity index (χ3v) is 2.66. The molecule has 1 aromatic rings. The van der Waals surface area contributed by atoms with Gasteiger partial charge in [-0.15, -0.1) is 0 Å². The lowest BCUT2D eigenvalue weighted by molar-refractivity contribution is 0.0706. The third-order valence-electron chi connectivity index (χ3n) is 2.66. The lowest BCUT2D eigenvalue weighted by Gasteiger charge is -2.20. The molecule has 0 aliphatic heterocycles. The summed E-state index contributed by atoms with van der Waals surface area (Å²) in [5, 5.41) is 9.65. The minimum atomic E-state index is -0.132. The summed E-state index contributed by atoms with van der Waals surface area (Å²) in [6, 6.07) is 4.62. The first-order valence-corrected chi connectivity index (χ1v) is 5.79. The number of amides is 1. The summed E-state index contributed by atoms with van der Waals surface area (Å²) in [6.45, 7) is 3.51. The van der Waals surface area contributed by atoms with Gasteiger partial charge in [0.1, 0.15) is 0 Å². The molecule has 0 saturated heterocycles. The van der Waals surface area contributed by atoms with E-state index in [1.807, 2.05) is 6.92 Å². The smallest absolute Gasteiger partial charge is 0.254 e. The average molecular weight is 253 g/mol. The van der Waals surface area contributed by atoms with Crippen molar-refractivity contribution in [2.45, 2.75) is 6.92 Å². The van der Waals surface area contributed by atoms with Crippen LogP contribution >= 0.6 is 0 Å². The molecule has 0 unspecified atom stereocenters. The number of hydrogen-bond acceptors (Lipinski definition) is 4. The zero-order valence-electron chi connectivity index (χ0n) is 11.0. The number of aromatic hydroxyl groups is 1. The fraction of sp³-hybridized carbons (Fsp3) is 0.462. The predicted octanol–water partition coefficient (Wildman–Crippen LogP) is 1.51. The van der Waals surface area contributed by atoms with Crippen LogP contribution in [0.1, 0.15) is 17.3 Å². The van der Waals surface area contributed by atoms with Crippen molar-refractivity contribution in [1.82, 2.24) is 4.90 Å². The summed E-state index contributed by atoms with van der Waals surface area (Å²) < 4.78 is 9.89. The molecule has 0 heterocycles. The van der Waals surface area contributed by atoms with Gasteiger partial charge in [-0.05, 0) is 25.1 Å². The van der Waals surface area contributed by atoms with Crippen LogP contribution in [0.15, 0.2) is 18.2 Å². The van der Waals surface area contributed by atoms with Crippen LogP contribution in [0.25, 0.3) is 0 Å². The number of likely N-dealkylation sites (N-methyl/N-ethyl adjacent to an activating group) is 1. The van der Waals surface area contributed by atoms with Crippen molar-refractivity contribution in [3.05, 3.63) is 23.8 Å². The zero-order valence-corrected chi connectivity index (χ0v) is 11.0. The van der Waals surface area contributed by atoms with Crippen molar-refractivity contribution in [2.75, 3.05) is 33.9 Å². The van der Waals surface area contributed by atoms with Crippen molar-refractivity contribution >= 4 is 5.91 Å². The van der Waals surface area contributed by atoms with Gasteiger partial charge in [0.25, 0.3) is 5.91 Å². The van der Waals surface area contributed by atoms with Gasteiger partial charge in [-0.2, -0.15) is 0 Å².